The first-order chi connectivity index (χ1) is 9.76. The maximum absolute atomic E-state index is 11.2. The lowest BCUT2D eigenvalue weighted by Gasteiger charge is -2.25. The summed E-state index contributed by atoms with van der Waals surface area (Å²) in [7, 11) is 0. The summed E-state index contributed by atoms with van der Waals surface area (Å²) in [6, 6.07) is 1.74. The summed E-state index contributed by atoms with van der Waals surface area (Å²) in [5.41, 5.74) is 0.922. The van der Waals surface area contributed by atoms with Crippen molar-refractivity contribution in [2.24, 2.45) is 5.41 Å². The Morgan fingerprint density at radius 2 is 2.24 bits per heavy atom. The van der Waals surface area contributed by atoms with E-state index >= 15 is 0 Å². The lowest BCUT2D eigenvalue weighted by atomic mass is 9.87. The van der Waals surface area contributed by atoms with Crippen LogP contribution in [-0.4, -0.2) is 31.3 Å². The molecule has 8 heteroatoms. The predicted octanol–water partition coefficient (Wildman–Crippen LogP) is 3.46. The number of carbonyl (C=O) groups is 1. The van der Waals surface area contributed by atoms with Crippen LogP contribution < -0.4 is 0 Å². The van der Waals surface area contributed by atoms with Crippen LogP contribution in [-0.2, 0) is 4.79 Å². The van der Waals surface area contributed by atoms with Crippen molar-refractivity contribution in [3.05, 3.63) is 14.3 Å². The van der Waals surface area contributed by atoms with E-state index in [0.29, 0.717) is 12.2 Å². The van der Waals surface area contributed by atoms with Gasteiger partial charge in [-0.3, -0.25) is 4.79 Å². The van der Waals surface area contributed by atoms with E-state index < -0.39 is 5.97 Å². The van der Waals surface area contributed by atoms with Crippen molar-refractivity contribution in [3.8, 4) is 11.4 Å². The van der Waals surface area contributed by atoms with Crippen LogP contribution in [0.25, 0.3) is 11.4 Å². The van der Waals surface area contributed by atoms with Crippen molar-refractivity contribution in [3.63, 3.8) is 0 Å². The molecule has 2 heterocycles. The third-order valence-corrected chi connectivity index (χ3v) is 4.71. The number of carboxylic acids is 1. The molecule has 0 saturated carbocycles. The van der Waals surface area contributed by atoms with Crippen LogP contribution >= 0.6 is 33.9 Å². The van der Waals surface area contributed by atoms with Crippen LogP contribution in [0.1, 0.15) is 39.7 Å². The molecule has 2 aromatic rings. The number of aromatic nitrogens is 4. The normalized spacial score (nSPS) is 13.3. The van der Waals surface area contributed by atoms with Crippen LogP contribution in [0.2, 0.25) is 0 Å². The fourth-order valence-electron chi connectivity index (χ4n) is 2.21. The number of nitrogens with zero attached hydrogens (tertiary/aromatic N) is 4. The number of halogens is 1. The zero-order valence-corrected chi connectivity index (χ0v) is 15.1. The second-order valence-electron chi connectivity index (χ2n) is 6.10. The van der Waals surface area contributed by atoms with Gasteiger partial charge in [-0.1, -0.05) is 20.8 Å². The fourth-order valence-corrected chi connectivity index (χ4v) is 3.54. The zero-order valence-electron chi connectivity index (χ0n) is 12.1. The maximum atomic E-state index is 11.2. The minimum atomic E-state index is -0.842. The summed E-state index contributed by atoms with van der Waals surface area (Å²) in [6.07, 6.45) is 0.703. The Bertz CT molecular complexity index is 632. The number of hydrogen-bond donors (Lipinski definition) is 1. The monoisotopic (exact) mass is 420 g/mol. The summed E-state index contributed by atoms with van der Waals surface area (Å²) in [5, 5.41) is 23.0. The average molecular weight is 420 g/mol. The molecule has 0 aliphatic rings. The molecule has 2 rings (SSSR count). The van der Waals surface area contributed by atoms with Gasteiger partial charge in [0, 0.05) is 10.9 Å². The van der Waals surface area contributed by atoms with Gasteiger partial charge < -0.3 is 5.11 Å². The van der Waals surface area contributed by atoms with E-state index in [1.54, 1.807) is 16.0 Å². The molecular weight excluding hydrogens is 403 g/mol. The Hall–Kier alpha value is -1.03. The molecule has 0 radical (unpaired) electrons. The van der Waals surface area contributed by atoms with E-state index in [9.17, 15) is 4.79 Å². The van der Waals surface area contributed by atoms with Crippen LogP contribution in [0.3, 0.4) is 0 Å². The van der Waals surface area contributed by atoms with Gasteiger partial charge in [-0.05, 0) is 50.9 Å². The van der Waals surface area contributed by atoms with Crippen LogP contribution in [0.4, 0.5) is 0 Å². The molecule has 0 bridgehead atoms. The minimum absolute atomic E-state index is 0.00753. The molecule has 0 saturated heterocycles. The molecule has 114 valence electrons. The molecule has 0 amide bonds. The van der Waals surface area contributed by atoms with Gasteiger partial charge in [0.2, 0.25) is 0 Å². The first kappa shape index (κ1) is 16.3. The van der Waals surface area contributed by atoms with Gasteiger partial charge in [0.05, 0.1) is 15.3 Å². The molecule has 1 unspecified atom stereocenters. The minimum Gasteiger partial charge on any atom is -0.481 e. The number of thiophene rings is 1. The van der Waals surface area contributed by atoms with Crippen LogP contribution in [0.5, 0.6) is 0 Å². The fraction of sp³-hybridized carbons (Fsp3) is 0.538. The van der Waals surface area contributed by atoms with Gasteiger partial charge in [-0.2, -0.15) is 0 Å². The van der Waals surface area contributed by atoms with E-state index in [0.717, 1.165) is 8.45 Å². The van der Waals surface area contributed by atoms with E-state index in [-0.39, 0.29) is 17.9 Å². The SMILES string of the molecule is CC(C)(C)CC(CC(=O)O)n1nnnc1-c1csc(I)c1. The standard InChI is InChI=1S/C13H17IN4O2S/c1-13(2,3)6-9(5-11(19)20)18-12(15-16-17-18)8-4-10(14)21-7-8/h4,7,9H,5-6H2,1-3H3,(H,19,20). The Labute approximate surface area is 140 Å². The Kier molecular flexibility index (Phi) is 4.97. The van der Waals surface area contributed by atoms with E-state index in [1.165, 1.54) is 0 Å². The molecule has 21 heavy (non-hydrogen) atoms. The summed E-state index contributed by atoms with van der Waals surface area (Å²) in [5.74, 6) is -0.213. The van der Waals surface area contributed by atoms with Crippen molar-refractivity contribution < 1.29 is 9.90 Å². The van der Waals surface area contributed by atoms with E-state index in [1.807, 2.05) is 11.4 Å². The molecule has 0 aromatic carbocycles. The third kappa shape index (κ3) is 4.47. The highest BCUT2D eigenvalue weighted by molar-refractivity contribution is 14.1. The van der Waals surface area contributed by atoms with Gasteiger partial charge in [0.25, 0.3) is 0 Å². The number of rotatable bonds is 5. The summed E-state index contributed by atoms with van der Waals surface area (Å²) in [6.45, 7) is 6.25. The second kappa shape index (κ2) is 6.39. The van der Waals surface area contributed by atoms with Gasteiger partial charge in [-0.25, -0.2) is 4.68 Å². The van der Waals surface area contributed by atoms with E-state index in [4.69, 9.17) is 5.11 Å². The molecule has 0 aliphatic heterocycles. The molecule has 0 fully saturated rings. The van der Waals surface area contributed by atoms with Crippen molar-refractivity contribution in [1.82, 2.24) is 20.2 Å². The van der Waals surface area contributed by atoms with Gasteiger partial charge in [0.15, 0.2) is 5.82 Å². The number of hydrogen-bond acceptors (Lipinski definition) is 5. The first-order valence-corrected chi connectivity index (χ1v) is 8.46. The summed E-state index contributed by atoms with van der Waals surface area (Å²) < 4.78 is 2.79. The highest BCUT2D eigenvalue weighted by Gasteiger charge is 2.26. The molecular formula is C13H17IN4O2S. The number of aliphatic carboxylic acids is 1. The van der Waals surface area contributed by atoms with E-state index in [2.05, 4.69) is 58.9 Å². The zero-order chi connectivity index (χ0) is 15.6. The lowest BCUT2D eigenvalue weighted by molar-refractivity contribution is -0.138. The number of carboxylic acid groups (broad SMARTS) is 1. The van der Waals surface area contributed by atoms with Gasteiger partial charge in [0.1, 0.15) is 0 Å². The molecule has 2 aromatic heterocycles. The topological polar surface area (TPSA) is 80.9 Å². The highest BCUT2D eigenvalue weighted by atomic mass is 127. The largest absolute Gasteiger partial charge is 0.481 e. The molecule has 0 aliphatic carbocycles. The van der Waals surface area contributed by atoms with Crippen molar-refractivity contribution in [1.29, 1.82) is 0 Å². The third-order valence-electron chi connectivity index (χ3n) is 2.92. The Morgan fingerprint density at radius 3 is 2.76 bits per heavy atom. The number of tetrazole rings is 1. The Morgan fingerprint density at radius 1 is 1.52 bits per heavy atom. The second-order valence-corrected chi connectivity index (χ2v) is 8.91. The smallest absolute Gasteiger partial charge is 0.305 e. The van der Waals surface area contributed by atoms with Crippen LogP contribution in [0.15, 0.2) is 11.4 Å². The average Bonchev–Trinajstić information content (AvgIpc) is 2.93. The summed E-state index contributed by atoms with van der Waals surface area (Å²) in [4.78, 5) is 11.2. The maximum Gasteiger partial charge on any atom is 0.305 e. The molecule has 1 N–H and O–H groups in total. The van der Waals surface area contributed by atoms with Crippen molar-refractivity contribution >= 4 is 39.9 Å². The predicted molar refractivity (Wildman–Crippen MR) is 89.2 cm³/mol. The first-order valence-electron chi connectivity index (χ1n) is 6.50. The van der Waals surface area contributed by atoms with Crippen LogP contribution in [0, 0.1) is 8.30 Å². The highest BCUT2D eigenvalue weighted by Crippen LogP contribution is 2.33. The van der Waals surface area contributed by atoms with Gasteiger partial charge in [-0.15, -0.1) is 16.4 Å². The molecule has 0 spiro atoms. The van der Waals surface area contributed by atoms with Gasteiger partial charge >= 0.3 is 5.97 Å². The lowest BCUT2D eigenvalue weighted by Crippen LogP contribution is -2.22. The quantitative estimate of drug-likeness (QED) is 0.750. The molecule has 1 atom stereocenters. The van der Waals surface area contributed by atoms with Crippen molar-refractivity contribution in [2.45, 2.75) is 39.7 Å². The van der Waals surface area contributed by atoms with Crippen molar-refractivity contribution in [2.75, 3.05) is 0 Å². The summed E-state index contributed by atoms with van der Waals surface area (Å²) >= 11 is 3.85. The molecule has 6 nitrogen and oxygen atoms in total. The Balaban J connectivity index is 2.36.